The van der Waals surface area contributed by atoms with Crippen molar-refractivity contribution >= 4 is 0 Å². The minimum atomic E-state index is 0.150. The molecule has 1 atom stereocenters. The van der Waals surface area contributed by atoms with E-state index in [2.05, 4.69) is 18.8 Å². The molecule has 0 bridgehead atoms. The highest BCUT2D eigenvalue weighted by Crippen LogP contribution is 2.30. The molecule has 0 radical (unpaired) electrons. The molecule has 3 heteroatoms. The molecule has 3 nitrogen and oxygen atoms in total. The predicted molar refractivity (Wildman–Crippen MR) is 49.0 cm³/mol. The third kappa shape index (κ3) is 1.59. The summed E-state index contributed by atoms with van der Waals surface area (Å²) < 4.78 is 11.2. The molecule has 0 N–H and O–H groups in total. The molecule has 1 aromatic heterocycles. The summed E-state index contributed by atoms with van der Waals surface area (Å²) in [5.74, 6) is 1.83. The monoisotopic (exact) mass is 179 g/mol. The Kier molecular flexibility index (Phi) is 2.08. The summed E-state index contributed by atoms with van der Waals surface area (Å²) in [6.07, 6.45) is 1.86. The molecule has 13 heavy (non-hydrogen) atoms. The molecule has 70 valence electrons. The Morgan fingerprint density at radius 3 is 3.15 bits per heavy atom. The van der Waals surface area contributed by atoms with Gasteiger partial charge in [0.2, 0.25) is 0 Å². The number of rotatable bonds is 1. The second-order valence-electron chi connectivity index (χ2n) is 3.52. The quantitative estimate of drug-likeness (QED) is 0.659. The number of aromatic nitrogens is 1. The summed E-state index contributed by atoms with van der Waals surface area (Å²) in [7, 11) is 0. The molecule has 0 saturated heterocycles. The van der Waals surface area contributed by atoms with E-state index in [1.807, 2.05) is 12.1 Å². The van der Waals surface area contributed by atoms with Crippen LogP contribution in [0.1, 0.15) is 13.8 Å². The van der Waals surface area contributed by atoms with Crippen LogP contribution in [0, 0.1) is 5.92 Å². The molecule has 0 aliphatic carbocycles. The van der Waals surface area contributed by atoms with E-state index in [1.165, 1.54) is 0 Å². The Morgan fingerprint density at radius 2 is 2.38 bits per heavy atom. The zero-order valence-electron chi connectivity index (χ0n) is 7.86. The highest BCUT2D eigenvalue weighted by atomic mass is 16.6. The fourth-order valence-electron chi connectivity index (χ4n) is 1.26. The SMILES string of the molecule is CC(C)C1COc2ncccc2O1. The first-order chi connectivity index (χ1) is 6.27. The van der Waals surface area contributed by atoms with E-state index in [9.17, 15) is 0 Å². The van der Waals surface area contributed by atoms with Gasteiger partial charge in [-0.2, -0.15) is 0 Å². The number of fused-ring (bicyclic) bond motifs is 1. The third-order valence-corrected chi connectivity index (χ3v) is 2.14. The van der Waals surface area contributed by atoms with E-state index in [0.29, 0.717) is 18.4 Å². The van der Waals surface area contributed by atoms with E-state index in [4.69, 9.17) is 9.47 Å². The van der Waals surface area contributed by atoms with Crippen LogP contribution in [0.3, 0.4) is 0 Å². The number of nitrogens with zero attached hydrogens (tertiary/aromatic N) is 1. The van der Waals surface area contributed by atoms with Crippen LogP contribution in [0.5, 0.6) is 11.6 Å². The second-order valence-corrected chi connectivity index (χ2v) is 3.52. The van der Waals surface area contributed by atoms with Gasteiger partial charge in [-0.3, -0.25) is 0 Å². The van der Waals surface area contributed by atoms with E-state index >= 15 is 0 Å². The fourth-order valence-corrected chi connectivity index (χ4v) is 1.26. The lowest BCUT2D eigenvalue weighted by Gasteiger charge is -2.27. The van der Waals surface area contributed by atoms with Crippen LogP contribution in [0.25, 0.3) is 0 Å². The Labute approximate surface area is 77.7 Å². The van der Waals surface area contributed by atoms with Gasteiger partial charge in [0.1, 0.15) is 12.7 Å². The Bertz CT molecular complexity index is 299. The summed E-state index contributed by atoms with van der Waals surface area (Å²) in [4.78, 5) is 4.07. The second kappa shape index (κ2) is 3.24. The van der Waals surface area contributed by atoms with Crippen molar-refractivity contribution in [1.29, 1.82) is 0 Å². The number of ether oxygens (including phenoxy) is 2. The normalized spacial score (nSPS) is 20.4. The first kappa shape index (κ1) is 8.35. The van der Waals surface area contributed by atoms with Gasteiger partial charge in [-0.15, -0.1) is 0 Å². The van der Waals surface area contributed by atoms with Crippen LogP contribution >= 0.6 is 0 Å². The average molecular weight is 179 g/mol. The number of hydrogen-bond acceptors (Lipinski definition) is 3. The lowest BCUT2D eigenvalue weighted by molar-refractivity contribution is 0.0551. The van der Waals surface area contributed by atoms with Gasteiger partial charge in [0, 0.05) is 6.20 Å². The van der Waals surface area contributed by atoms with Crippen molar-refractivity contribution in [3.63, 3.8) is 0 Å². The van der Waals surface area contributed by atoms with E-state index in [1.54, 1.807) is 6.20 Å². The molecule has 1 aliphatic heterocycles. The lowest BCUT2D eigenvalue weighted by Crippen LogP contribution is -2.33. The maximum absolute atomic E-state index is 5.71. The lowest BCUT2D eigenvalue weighted by atomic mass is 10.1. The molecule has 2 heterocycles. The van der Waals surface area contributed by atoms with Crippen molar-refractivity contribution in [3.05, 3.63) is 18.3 Å². The summed E-state index contributed by atoms with van der Waals surface area (Å²) in [6.45, 7) is 4.84. The van der Waals surface area contributed by atoms with Crippen molar-refractivity contribution < 1.29 is 9.47 Å². The molecule has 1 unspecified atom stereocenters. The van der Waals surface area contributed by atoms with Crippen LogP contribution in [0.4, 0.5) is 0 Å². The maximum atomic E-state index is 5.71. The van der Waals surface area contributed by atoms with Gasteiger partial charge in [-0.25, -0.2) is 4.98 Å². The van der Waals surface area contributed by atoms with Gasteiger partial charge >= 0.3 is 0 Å². The number of hydrogen-bond donors (Lipinski definition) is 0. The van der Waals surface area contributed by atoms with E-state index in [0.717, 1.165) is 5.75 Å². The maximum Gasteiger partial charge on any atom is 0.257 e. The largest absolute Gasteiger partial charge is 0.481 e. The zero-order valence-corrected chi connectivity index (χ0v) is 7.86. The molecular formula is C10H13NO2. The van der Waals surface area contributed by atoms with Gasteiger partial charge in [0.15, 0.2) is 5.75 Å². The van der Waals surface area contributed by atoms with Gasteiger partial charge in [0.25, 0.3) is 5.88 Å². The standard InChI is InChI=1S/C10H13NO2/c1-7(2)9-6-12-10-8(13-9)4-3-5-11-10/h3-5,7,9H,6H2,1-2H3. The van der Waals surface area contributed by atoms with Crippen LogP contribution in [-0.2, 0) is 0 Å². The van der Waals surface area contributed by atoms with Gasteiger partial charge in [-0.05, 0) is 18.1 Å². The van der Waals surface area contributed by atoms with Crippen LogP contribution in [0.15, 0.2) is 18.3 Å². The van der Waals surface area contributed by atoms with Crippen LogP contribution in [0.2, 0.25) is 0 Å². The first-order valence-corrected chi connectivity index (χ1v) is 4.52. The Hall–Kier alpha value is -1.25. The highest BCUT2D eigenvalue weighted by molar-refractivity contribution is 5.34. The highest BCUT2D eigenvalue weighted by Gasteiger charge is 2.23. The molecule has 0 aromatic carbocycles. The minimum absolute atomic E-state index is 0.150. The minimum Gasteiger partial charge on any atom is -0.481 e. The molecule has 0 spiro atoms. The molecule has 0 amide bonds. The van der Waals surface area contributed by atoms with Gasteiger partial charge in [0.05, 0.1) is 0 Å². The zero-order chi connectivity index (χ0) is 9.26. The van der Waals surface area contributed by atoms with E-state index in [-0.39, 0.29) is 6.10 Å². The summed E-state index contributed by atoms with van der Waals surface area (Å²) >= 11 is 0. The van der Waals surface area contributed by atoms with E-state index < -0.39 is 0 Å². The topological polar surface area (TPSA) is 31.4 Å². The number of pyridine rings is 1. The van der Waals surface area contributed by atoms with Crippen molar-refractivity contribution in [2.45, 2.75) is 20.0 Å². The van der Waals surface area contributed by atoms with Crippen molar-refractivity contribution in [2.24, 2.45) is 5.92 Å². The molecule has 1 aromatic rings. The third-order valence-electron chi connectivity index (χ3n) is 2.14. The molecule has 2 rings (SSSR count). The van der Waals surface area contributed by atoms with Crippen molar-refractivity contribution in [1.82, 2.24) is 4.98 Å². The smallest absolute Gasteiger partial charge is 0.257 e. The fraction of sp³-hybridized carbons (Fsp3) is 0.500. The van der Waals surface area contributed by atoms with Crippen molar-refractivity contribution in [2.75, 3.05) is 6.61 Å². The Morgan fingerprint density at radius 1 is 1.54 bits per heavy atom. The molecular weight excluding hydrogens is 166 g/mol. The molecule has 0 saturated carbocycles. The van der Waals surface area contributed by atoms with Gasteiger partial charge < -0.3 is 9.47 Å². The van der Waals surface area contributed by atoms with Crippen LogP contribution < -0.4 is 9.47 Å². The summed E-state index contributed by atoms with van der Waals surface area (Å²) in [5.41, 5.74) is 0. The van der Waals surface area contributed by atoms with Gasteiger partial charge in [-0.1, -0.05) is 13.8 Å². The predicted octanol–water partition coefficient (Wildman–Crippen LogP) is 1.88. The molecule has 1 aliphatic rings. The summed E-state index contributed by atoms with van der Waals surface area (Å²) in [5, 5.41) is 0. The molecule has 0 fully saturated rings. The Balaban J connectivity index is 2.20. The average Bonchev–Trinajstić information content (AvgIpc) is 2.17. The van der Waals surface area contributed by atoms with Crippen LogP contribution in [-0.4, -0.2) is 17.7 Å². The first-order valence-electron chi connectivity index (χ1n) is 4.52. The summed E-state index contributed by atoms with van der Waals surface area (Å²) in [6, 6.07) is 3.74. The van der Waals surface area contributed by atoms with Crippen molar-refractivity contribution in [3.8, 4) is 11.6 Å².